The van der Waals surface area contributed by atoms with Gasteiger partial charge in [0.2, 0.25) is 0 Å². The number of hydrogen-bond donors (Lipinski definition) is 1. The molecule has 51 heavy (non-hydrogen) atoms. The molecule has 0 spiro atoms. The molecule has 2 aliphatic rings. The van der Waals surface area contributed by atoms with Gasteiger partial charge in [0.25, 0.3) is 0 Å². The smallest absolute Gasteiger partial charge is 0.192 e. The SMILES string of the molecule is CC(C)(C)[Si](C)(C)OC[C@@H]1[C@@H](O)C(O[Si](C)(C)C(C)(C)C)C(O[Si](C)(C)C(C)(C)C)CN1CCc1cc(CCN=[N+]=[N-])cc(C2=CCCCC2)c1. The molecule has 290 valence electrons. The minimum Gasteiger partial charge on any atom is -0.415 e. The van der Waals surface area contributed by atoms with Crippen LogP contribution in [0.2, 0.25) is 54.4 Å². The third-order valence-electron chi connectivity index (χ3n) is 12.9. The van der Waals surface area contributed by atoms with Crippen molar-refractivity contribution in [2.75, 3.05) is 26.2 Å². The molecule has 0 saturated carbocycles. The molecule has 0 amide bonds. The Morgan fingerprint density at radius 3 is 1.92 bits per heavy atom. The number of rotatable bonds is 14. The van der Waals surface area contributed by atoms with Crippen LogP contribution < -0.4 is 0 Å². The van der Waals surface area contributed by atoms with Crippen molar-refractivity contribution in [3.63, 3.8) is 0 Å². The summed E-state index contributed by atoms with van der Waals surface area (Å²) in [6.45, 7) is 36.6. The van der Waals surface area contributed by atoms with Gasteiger partial charge < -0.3 is 18.4 Å². The van der Waals surface area contributed by atoms with E-state index in [1.54, 1.807) is 0 Å². The van der Waals surface area contributed by atoms with Crippen LogP contribution in [0.5, 0.6) is 0 Å². The molecule has 1 fully saturated rings. The van der Waals surface area contributed by atoms with Crippen LogP contribution in [-0.4, -0.2) is 85.6 Å². The van der Waals surface area contributed by atoms with Crippen LogP contribution in [0.3, 0.4) is 0 Å². The molecule has 1 aliphatic heterocycles. The lowest BCUT2D eigenvalue weighted by Crippen LogP contribution is -2.68. The first-order valence-electron chi connectivity index (χ1n) is 19.5. The van der Waals surface area contributed by atoms with Gasteiger partial charge in [-0.15, -0.1) is 0 Å². The van der Waals surface area contributed by atoms with Crippen LogP contribution in [0.15, 0.2) is 29.4 Å². The van der Waals surface area contributed by atoms with Crippen molar-refractivity contribution in [2.45, 2.75) is 180 Å². The van der Waals surface area contributed by atoms with E-state index in [-0.39, 0.29) is 27.3 Å². The molecule has 1 aromatic rings. The van der Waals surface area contributed by atoms with Crippen molar-refractivity contribution in [1.29, 1.82) is 0 Å². The predicted octanol–water partition coefficient (Wildman–Crippen LogP) is 10.9. The Hall–Kier alpha value is -1.28. The number of hydrogen-bond acceptors (Lipinski definition) is 6. The monoisotopic (exact) mass is 759 g/mol. The summed E-state index contributed by atoms with van der Waals surface area (Å²) >= 11 is 0. The third kappa shape index (κ3) is 11.6. The molecule has 0 aromatic heterocycles. The molecule has 2 unspecified atom stereocenters. The van der Waals surface area contributed by atoms with E-state index in [0.29, 0.717) is 19.7 Å². The van der Waals surface area contributed by atoms with Crippen molar-refractivity contribution in [2.24, 2.45) is 5.11 Å². The van der Waals surface area contributed by atoms with Gasteiger partial charge in [0.1, 0.15) is 0 Å². The van der Waals surface area contributed by atoms with Gasteiger partial charge in [-0.1, -0.05) is 91.7 Å². The maximum absolute atomic E-state index is 12.6. The van der Waals surface area contributed by atoms with Crippen LogP contribution in [0.25, 0.3) is 16.0 Å². The first-order valence-corrected chi connectivity index (χ1v) is 28.3. The van der Waals surface area contributed by atoms with E-state index in [0.717, 1.165) is 32.2 Å². The van der Waals surface area contributed by atoms with Gasteiger partial charge in [0.05, 0.1) is 31.0 Å². The summed E-state index contributed by atoms with van der Waals surface area (Å²) in [4.78, 5) is 5.45. The second-order valence-corrected chi connectivity index (χ2v) is 34.2. The number of allylic oxidation sites excluding steroid dienone is 2. The molecule has 4 atom stereocenters. The maximum atomic E-state index is 12.6. The highest BCUT2D eigenvalue weighted by Gasteiger charge is 2.52. The van der Waals surface area contributed by atoms with Crippen LogP contribution >= 0.6 is 0 Å². The van der Waals surface area contributed by atoms with Gasteiger partial charge in [-0.25, -0.2) is 0 Å². The summed E-state index contributed by atoms with van der Waals surface area (Å²) in [6.07, 6.45) is 7.22. The Morgan fingerprint density at radius 2 is 1.39 bits per heavy atom. The fraction of sp³-hybridized carbons (Fsp3) is 0.800. The summed E-state index contributed by atoms with van der Waals surface area (Å²) in [5, 5.41) is 16.5. The molecule has 11 heteroatoms. The number of piperidine rings is 1. The minimum atomic E-state index is -2.26. The van der Waals surface area contributed by atoms with Gasteiger partial charge in [0, 0.05) is 24.5 Å². The van der Waals surface area contributed by atoms with E-state index in [9.17, 15) is 5.11 Å². The number of aliphatic hydroxyl groups is 1. The lowest BCUT2D eigenvalue weighted by Gasteiger charge is -2.53. The first-order chi connectivity index (χ1) is 23.3. The fourth-order valence-corrected chi connectivity index (χ4v) is 9.92. The van der Waals surface area contributed by atoms with Crippen molar-refractivity contribution in [3.8, 4) is 0 Å². The van der Waals surface area contributed by atoms with E-state index in [4.69, 9.17) is 18.8 Å². The van der Waals surface area contributed by atoms with Crippen LogP contribution in [0.4, 0.5) is 0 Å². The average molecular weight is 759 g/mol. The number of aliphatic hydroxyl groups excluding tert-OH is 1. The second-order valence-electron chi connectivity index (χ2n) is 19.9. The third-order valence-corrected chi connectivity index (χ3v) is 26.3. The largest absolute Gasteiger partial charge is 0.415 e. The molecule has 1 saturated heterocycles. The molecular weight excluding hydrogens is 685 g/mol. The normalized spacial score (nSPS) is 23.2. The molecule has 8 nitrogen and oxygen atoms in total. The van der Waals surface area contributed by atoms with Crippen LogP contribution in [0, 0.1) is 0 Å². The van der Waals surface area contributed by atoms with Gasteiger partial charge in [0.15, 0.2) is 25.0 Å². The molecule has 1 heterocycles. The molecule has 3 rings (SSSR count). The predicted molar refractivity (Wildman–Crippen MR) is 223 cm³/mol. The average Bonchev–Trinajstić information content (AvgIpc) is 3.00. The highest BCUT2D eigenvalue weighted by atomic mass is 28.4. The van der Waals surface area contributed by atoms with Crippen LogP contribution in [0.1, 0.15) is 105 Å². The zero-order chi connectivity index (χ0) is 38.6. The Morgan fingerprint density at radius 1 is 0.824 bits per heavy atom. The van der Waals surface area contributed by atoms with Gasteiger partial charge >= 0.3 is 0 Å². The van der Waals surface area contributed by atoms with Crippen molar-refractivity contribution < 1.29 is 18.4 Å². The van der Waals surface area contributed by atoms with E-state index >= 15 is 0 Å². The minimum absolute atomic E-state index is 0.00639. The zero-order valence-corrected chi connectivity index (χ0v) is 38.2. The van der Waals surface area contributed by atoms with Gasteiger partial charge in [-0.05, 0) is 121 Å². The Balaban J connectivity index is 2.05. The quantitative estimate of drug-likeness (QED) is 0.0881. The summed E-state index contributed by atoms with van der Waals surface area (Å²) in [5.41, 5.74) is 14.1. The van der Waals surface area contributed by atoms with Gasteiger partial charge in [-0.3, -0.25) is 4.90 Å². The molecule has 1 aliphatic carbocycles. The Bertz CT molecular complexity index is 1390. The molecule has 0 radical (unpaired) electrons. The number of benzene rings is 1. The first kappa shape index (κ1) is 44.1. The van der Waals surface area contributed by atoms with E-state index in [2.05, 4.69) is 141 Å². The summed E-state index contributed by atoms with van der Waals surface area (Å²) in [5.74, 6) is 0. The summed E-state index contributed by atoms with van der Waals surface area (Å²) in [6, 6.07) is 6.72. The molecule has 0 bridgehead atoms. The lowest BCUT2D eigenvalue weighted by atomic mass is 9.90. The van der Waals surface area contributed by atoms with E-state index in [1.165, 1.54) is 35.1 Å². The van der Waals surface area contributed by atoms with Gasteiger partial charge in [-0.2, -0.15) is 0 Å². The topological polar surface area (TPSA) is 99.9 Å². The Kier molecular flexibility index (Phi) is 14.7. The number of likely N-dealkylation sites (tertiary alicyclic amines) is 1. The molecule has 1 N–H and O–H groups in total. The van der Waals surface area contributed by atoms with Crippen molar-refractivity contribution in [1.82, 2.24) is 4.90 Å². The highest BCUT2D eigenvalue weighted by molar-refractivity contribution is 6.75. The highest BCUT2D eigenvalue weighted by Crippen LogP contribution is 2.43. The zero-order valence-electron chi connectivity index (χ0n) is 35.2. The van der Waals surface area contributed by atoms with Crippen LogP contribution in [-0.2, 0) is 26.1 Å². The fourth-order valence-electron chi connectivity index (χ4n) is 6.25. The lowest BCUT2D eigenvalue weighted by molar-refractivity contribution is -0.133. The maximum Gasteiger partial charge on any atom is 0.192 e. The standard InChI is InChI=1S/C40H74N4O4Si3/c1-38(2,3)49(10,11)46-29-34-36(45)37(48-51(14,15)40(7,8)9)35(47-50(12,13)39(4,5)6)28-44(34)24-22-31-25-30(21-23-42-43-41)26-33(27-31)32-19-17-16-18-20-32/h19,25-27,34-37,45H,16-18,20-24,28-29H2,1-15H3/t34-,35?,36-,37?/m1/s1. The second kappa shape index (κ2) is 17.0. The van der Waals surface area contributed by atoms with Crippen molar-refractivity contribution in [3.05, 3.63) is 51.4 Å². The molecular formula is C40H74N4O4Si3. The summed E-state index contributed by atoms with van der Waals surface area (Å²) in [7, 11) is -6.58. The number of azide groups is 1. The van der Waals surface area contributed by atoms with E-state index in [1.807, 2.05) is 0 Å². The molecule has 1 aromatic carbocycles. The van der Waals surface area contributed by atoms with Crippen molar-refractivity contribution >= 4 is 30.5 Å². The number of nitrogens with zero attached hydrogens (tertiary/aromatic N) is 4. The van der Waals surface area contributed by atoms with E-state index < -0.39 is 37.2 Å². The summed E-state index contributed by atoms with van der Waals surface area (Å²) < 4.78 is 21.3. The Labute approximate surface area is 315 Å².